The van der Waals surface area contributed by atoms with Crippen LogP contribution in [0.4, 0.5) is 0 Å². The molecule has 0 aliphatic carbocycles. The maximum absolute atomic E-state index is 8.90. The summed E-state index contributed by atoms with van der Waals surface area (Å²) in [4.78, 5) is 2.52. The highest BCUT2D eigenvalue weighted by Gasteiger charge is 2.30. The third-order valence-electron chi connectivity index (χ3n) is 4.34. The molecule has 1 fully saturated rings. The number of nitriles is 1. The highest BCUT2D eigenvalue weighted by atomic mass is 16.7. The molecule has 114 valence electrons. The first-order valence-corrected chi connectivity index (χ1v) is 7.51. The molecule has 4 nitrogen and oxygen atoms in total. The molecule has 1 aromatic carbocycles. The van der Waals surface area contributed by atoms with Crippen LogP contribution in [0.3, 0.4) is 0 Å². The normalized spacial score (nSPS) is 20.6. The highest BCUT2D eigenvalue weighted by molar-refractivity contribution is 5.33. The Labute approximate surface area is 127 Å². The van der Waals surface area contributed by atoms with Gasteiger partial charge in [0.05, 0.1) is 11.6 Å². The Morgan fingerprint density at radius 3 is 2.52 bits per heavy atom. The van der Waals surface area contributed by atoms with Crippen molar-refractivity contribution in [2.45, 2.75) is 44.6 Å². The quantitative estimate of drug-likeness (QED) is 0.755. The lowest BCUT2D eigenvalue weighted by atomic mass is 10.0. The second-order valence-electron chi connectivity index (χ2n) is 5.62. The Morgan fingerprint density at radius 1 is 1.29 bits per heavy atom. The van der Waals surface area contributed by atoms with Gasteiger partial charge in [-0.3, -0.25) is 4.90 Å². The first-order valence-electron chi connectivity index (χ1n) is 7.51. The van der Waals surface area contributed by atoms with E-state index in [0.717, 1.165) is 18.5 Å². The van der Waals surface area contributed by atoms with Crippen molar-refractivity contribution in [1.82, 2.24) is 4.90 Å². The Morgan fingerprint density at radius 2 is 1.95 bits per heavy atom. The van der Waals surface area contributed by atoms with Crippen LogP contribution in [0.25, 0.3) is 0 Å². The van der Waals surface area contributed by atoms with Crippen LogP contribution >= 0.6 is 0 Å². The van der Waals surface area contributed by atoms with E-state index >= 15 is 0 Å². The molecule has 2 atom stereocenters. The number of methoxy groups -OCH3 is 2. The summed E-state index contributed by atoms with van der Waals surface area (Å²) in [6.45, 7) is 3.33. The Balaban J connectivity index is 2.06. The summed E-state index contributed by atoms with van der Waals surface area (Å²) in [5, 5.41) is 8.90. The summed E-state index contributed by atoms with van der Waals surface area (Å²) in [5.41, 5.74) is 2.01. The van der Waals surface area contributed by atoms with Crippen LogP contribution in [0.5, 0.6) is 0 Å². The zero-order valence-electron chi connectivity index (χ0n) is 13.1. The summed E-state index contributed by atoms with van der Waals surface area (Å²) in [6, 6.07) is 11.0. The number of likely N-dealkylation sites (tertiary alicyclic amines) is 1. The molecule has 1 aliphatic rings. The Bertz CT molecular complexity index is 477. The highest BCUT2D eigenvalue weighted by Crippen LogP contribution is 2.34. The maximum atomic E-state index is 8.90. The van der Waals surface area contributed by atoms with E-state index in [1.54, 1.807) is 14.2 Å². The van der Waals surface area contributed by atoms with E-state index in [4.69, 9.17) is 14.7 Å². The predicted octanol–water partition coefficient (Wildman–Crippen LogP) is 3.09. The van der Waals surface area contributed by atoms with Crippen LogP contribution in [-0.2, 0) is 9.47 Å². The number of hydrogen-bond acceptors (Lipinski definition) is 4. The minimum Gasteiger partial charge on any atom is -0.356 e. The van der Waals surface area contributed by atoms with Gasteiger partial charge in [0.2, 0.25) is 0 Å². The molecular formula is C17H24N2O2. The van der Waals surface area contributed by atoms with Gasteiger partial charge in [-0.2, -0.15) is 5.26 Å². The van der Waals surface area contributed by atoms with Crippen molar-refractivity contribution in [1.29, 1.82) is 5.26 Å². The molecular weight excluding hydrogens is 264 g/mol. The third kappa shape index (κ3) is 3.82. The van der Waals surface area contributed by atoms with Gasteiger partial charge in [0.15, 0.2) is 6.29 Å². The standard InChI is InChI=1S/C17H24N2O2/c1-13(11-17(20-2)21-3)19-10-4-5-16(19)15-8-6-14(12-18)7-9-15/h6-9,13,16-17H,4-5,10-11H2,1-3H3. The first-order chi connectivity index (χ1) is 10.2. The molecule has 1 aliphatic heterocycles. The monoisotopic (exact) mass is 288 g/mol. The van der Waals surface area contributed by atoms with Gasteiger partial charge in [0.1, 0.15) is 0 Å². The molecule has 1 saturated heterocycles. The molecule has 0 N–H and O–H groups in total. The van der Waals surface area contributed by atoms with Crippen LogP contribution in [-0.4, -0.2) is 38.0 Å². The smallest absolute Gasteiger partial charge is 0.158 e. The molecule has 1 heterocycles. The van der Waals surface area contributed by atoms with E-state index in [9.17, 15) is 0 Å². The molecule has 1 aromatic rings. The van der Waals surface area contributed by atoms with Gasteiger partial charge in [0.25, 0.3) is 0 Å². The average Bonchev–Trinajstić information content (AvgIpc) is 3.02. The SMILES string of the molecule is COC(CC(C)N1CCCC1c1ccc(C#N)cc1)OC. The topological polar surface area (TPSA) is 45.5 Å². The number of benzene rings is 1. The molecule has 0 saturated carbocycles. The van der Waals surface area contributed by atoms with Crippen molar-refractivity contribution in [2.24, 2.45) is 0 Å². The molecule has 2 rings (SSSR count). The van der Waals surface area contributed by atoms with E-state index in [1.165, 1.54) is 18.4 Å². The molecule has 2 unspecified atom stereocenters. The molecule has 0 spiro atoms. The van der Waals surface area contributed by atoms with E-state index in [1.807, 2.05) is 12.1 Å². The molecule has 21 heavy (non-hydrogen) atoms. The van der Waals surface area contributed by atoms with Gasteiger partial charge in [-0.05, 0) is 44.0 Å². The summed E-state index contributed by atoms with van der Waals surface area (Å²) in [7, 11) is 3.37. The third-order valence-corrected chi connectivity index (χ3v) is 4.34. The van der Waals surface area contributed by atoms with Gasteiger partial charge in [0, 0.05) is 32.7 Å². The molecule has 0 radical (unpaired) electrons. The van der Waals surface area contributed by atoms with Crippen LogP contribution in [0, 0.1) is 11.3 Å². The summed E-state index contributed by atoms with van der Waals surface area (Å²) >= 11 is 0. The summed E-state index contributed by atoms with van der Waals surface area (Å²) < 4.78 is 10.6. The van der Waals surface area contributed by atoms with Crippen molar-refractivity contribution >= 4 is 0 Å². The second kappa shape index (κ2) is 7.56. The van der Waals surface area contributed by atoms with Crippen LogP contribution in [0.15, 0.2) is 24.3 Å². The lowest BCUT2D eigenvalue weighted by Crippen LogP contribution is -2.36. The van der Waals surface area contributed by atoms with Crippen molar-refractivity contribution in [3.63, 3.8) is 0 Å². The molecule has 0 aromatic heterocycles. The van der Waals surface area contributed by atoms with E-state index in [2.05, 4.69) is 30.0 Å². The molecule has 0 bridgehead atoms. The van der Waals surface area contributed by atoms with E-state index < -0.39 is 0 Å². The van der Waals surface area contributed by atoms with Crippen LogP contribution in [0.2, 0.25) is 0 Å². The maximum Gasteiger partial charge on any atom is 0.158 e. The summed E-state index contributed by atoms with van der Waals surface area (Å²) in [6.07, 6.45) is 3.09. The average molecular weight is 288 g/mol. The van der Waals surface area contributed by atoms with E-state index in [0.29, 0.717) is 12.1 Å². The zero-order valence-corrected chi connectivity index (χ0v) is 13.1. The second-order valence-corrected chi connectivity index (χ2v) is 5.62. The summed E-state index contributed by atoms with van der Waals surface area (Å²) in [5.74, 6) is 0. The minimum atomic E-state index is -0.151. The zero-order chi connectivity index (χ0) is 15.2. The number of nitrogens with zero attached hydrogens (tertiary/aromatic N) is 2. The Hall–Kier alpha value is -1.41. The molecule has 4 heteroatoms. The van der Waals surface area contributed by atoms with Crippen LogP contribution < -0.4 is 0 Å². The Kier molecular flexibility index (Phi) is 5.75. The van der Waals surface area contributed by atoms with Crippen molar-refractivity contribution < 1.29 is 9.47 Å². The first kappa shape index (κ1) is 16.0. The fourth-order valence-electron chi connectivity index (χ4n) is 3.16. The lowest BCUT2D eigenvalue weighted by Gasteiger charge is -2.32. The fraction of sp³-hybridized carbons (Fsp3) is 0.588. The van der Waals surface area contributed by atoms with Gasteiger partial charge in [-0.1, -0.05) is 12.1 Å². The number of hydrogen-bond donors (Lipinski definition) is 0. The van der Waals surface area contributed by atoms with Gasteiger partial charge in [-0.25, -0.2) is 0 Å². The van der Waals surface area contributed by atoms with Crippen molar-refractivity contribution in [3.8, 4) is 6.07 Å². The number of ether oxygens (including phenoxy) is 2. The van der Waals surface area contributed by atoms with Gasteiger partial charge < -0.3 is 9.47 Å². The predicted molar refractivity (Wildman–Crippen MR) is 81.7 cm³/mol. The molecule has 0 amide bonds. The lowest BCUT2D eigenvalue weighted by molar-refractivity contribution is -0.116. The largest absolute Gasteiger partial charge is 0.356 e. The van der Waals surface area contributed by atoms with Crippen LogP contribution in [0.1, 0.15) is 43.4 Å². The van der Waals surface area contributed by atoms with E-state index in [-0.39, 0.29) is 6.29 Å². The number of rotatable bonds is 6. The van der Waals surface area contributed by atoms with Crippen molar-refractivity contribution in [2.75, 3.05) is 20.8 Å². The fourth-order valence-corrected chi connectivity index (χ4v) is 3.16. The minimum absolute atomic E-state index is 0.151. The van der Waals surface area contributed by atoms with Crippen molar-refractivity contribution in [3.05, 3.63) is 35.4 Å². The van der Waals surface area contributed by atoms with Gasteiger partial charge >= 0.3 is 0 Å². The van der Waals surface area contributed by atoms with Gasteiger partial charge in [-0.15, -0.1) is 0 Å².